The Kier molecular flexibility index (Phi) is 5.28. The molecule has 1 amide bonds. The normalized spacial score (nSPS) is 14.3. The molecule has 0 aromatic carbocycles. The first kappa shape index (κ1) is 14.6. The van der Waals surface area contributed by atoms with E-state index in [1.807, 2.05) is 25.1 Å². The van der Waals surface area contributed by atoms with Gasteiger partial charge in [0.15, 0.2) is 0 Å². The van der Waals surface area contributed by atoms with Crippen molar-refractivity contribution in [3.63, 3.8) is 0 Å². The smallest absolute Gasteiger partial charge is 0.220 e. The molecule has 0 aliphatic carbocycles. The van der Waals surface area contributed by atoms with Gasteiger partial charge < -0.3 is 11.1 Å². The van der Waals surface area contributed by atoms with Crippen LogP contribution in [-0.4, -0.2) is 23.0 Å². The summed E-state index contributed by atoms with van der Waals surface area (Å²) in [5, 5.41) is 3.02. The number of nitrogens with zero attached hydrogens (tertiary/aromatic N) is 1. The van der Waals surface area contributed by atoms with E-state index in [0.29, 0.717) is 25.3 Å². The number of nitrogens with one attached hydrogen (secondary N) is 1. The molecule has 3 N–H and O–H groups in total. The van der Waals surface area contributed by atoms with Crippen LogP contribution in [0.5, 0.6) is 0 Å². The standard InChI is InChI=1S/C14H23N3O/c1-11(2)14(3,10-15)17-13(18)8-7-12-6-4-5-9-16-12/h4-6,9,11H,7-8,10,15H2,1-3H3,(H,17,18). The number of nitrogens with two attached hydrogens (primary N) is 1. The predicted octanol–water partition coefficient (Wildman–Crippen LogP) is 1.50. The zero-order valence-electron chi connectivity index (χ0n) is 11.4. The summed E-state index contributed by atoms with van der Waals surface area (Å²) in [4.78, 5) is 16.1. The number of aryl methyl sites for hydroxylation is 1. The summed E-state index contributed by atoms with van der Waals surface area (Å²) in [6.45, 7) is 6.55. The fourth-order valence-electron chi connectivity index (χ4n) is 1.60. The first-order valence-electron chi connectivity index (χ1n) is 6.39. The highest BCUT2D eigenvalue weighted by molar-refractivity contribution is 5.77. The van der Waals surface area contributed by atoms with E-state index < -0.39 is 0 Å². The van der Waals surface area contributed by atoms with Crippen molar-refractivity contribution in [3.05, 3.63) is 30.1 Å². The lowest BCUT2D eigenvalue weighted by Gasteiger charge is -2.33. The molecule has 0 saturated heterocycles. The van der Waals surface area contributed by atoms with Gasteiger partial charge in [-0.15, -0.1) is 0 Å². The van der Waals surface area contributed by atoms with Crippen molar-refractivity contribution in [3.8, 4) is 0 Å². The number of hydrogen-bond acceptors (Lipinski definition) is 3. The van der Waals surface area contributed by atoms with Crippen molar-refractivity contribution >= 4 is 5.91 Å². The average molecular weight is 249 g/mol. The van der Waals surface area contributed by atoms with Crippen LogP contribution in [0.4, 0.5) is 0 Å². The fraction of sp³-hybridized carbons (Fsp3) is 0.571. The zero-order chi connectivity index (χ0) is 13.6. The molecule has 4 heteroatoms. The Hall–Kier alpha value is -1.42. The molecule has 0 fully saturated rings. The summed E-state index contributed by atoms with van der Waals surface area (Å²) in [6.07, 6.45) is 2.84. The maximum Gasteiger partial charge on any atom is 0.220 e. The van der Waals surface area contributed by atoms with Crippen LogP contribution in [0, 0.1) is 5.92 Å². The van der Waals surface area contributed by atoms with Crippen molar-refractivity contribution < 1.29 is 4.79 Å². The number of carbonyl (C=O) groups excluding carboxylic acids is 1. The second kappa shape index (κ2) is 6.50. The molecule has 4 nitrogen and oxygen atoms in total. The molecular weight excluding hydrogens is 226 g/mol. The molecule has 1 rings (SSSR count). The monoisotopic (exact) mass is 249 g/mol. The number of rotatable bonds is 6. The van der Waals surface area contributed by atoms with E-state index in [1.54, 1.807) is 6.20 Å². The highest BCUT2D eigenvalue weighted by Crippen LogP contribution is 2.15. The lowest BCUT2D eigenvalue weighted by Crippen LogP contribution is -2.55. The Labute approximate surface area is 109 Å². The minimum Gasteiger partial charge on any atom is -0.349 e. The lowest BCUT2D eigenvalue weighted by atomic mass is 9.88. The Morgan fingerprint density at radius 2 is 2.22 bits per heavy atom. The van der Waals surface area contributed by atoms with Crippen LogP contribution in [0.1, 0.15) is 32.9 Å². The molecular formula is C14H23N3O. The average Bonchev–Trinajstić information content (AvgIpc) is 2.37. The van der Waals surface area contributed by atoms with Gasteiger partial charge in [-0.3, -0.25) is 9.78 Å². The molecule has 0 aliphatic rings. The Morgan fingerprint density at radius 3 is 2.72 bits per heavy atom. The van der Waals surface area contributed by atoms with Gasteiger partial charge >= 0.3 is 0 Å². The van der Waals surface area contributed by atoms with Gasteiger partial charge in [-0.2, -0.15) is 0 Å². The number of aromatic nitrogens is 1. The van der Waals surface area contributed by atoms with Crippen LogP contribution in [0.25, 0.3) is 0 Å². The molecule has 0 bridgehead atoms. The Bertz CT molecular complexity index is 378. The molecule has 0 aliphatic heterocycles. The summed E-state index contributed by atoms with van der Waals surface area (Å²) >= 11 is 0. The second-order valence-corrected chi connectivity index (χ2v) is 5.15. The van der Waals surface area contributed by atoms with Gasteiger partial charge in [0, 0.05) is 24.9 Å². The first-order chi connectivity index (χ1) is 8.48. The van der Waals surface area contributed by atoms with Crippen LogP contribution in [0.2, 0.25) is 0 Å². The van der Waals surface area contributed by atoms with Crippen molar-refractivity contribution in [2.24, 2.45) is 11.7 Å². The topological polar surface area (TPSA) is 68.0 Å². The fourth-order valence-corrected chi connectivity index (χ4v) is 1.60. The number of hydrogen-bond donors (Lipinski definition) is 2. The largest absolute Gasteiger partial charge is 0.349 e. The highest BCUT2D eigenvalue weighted by atomic mass is 16.1. The van der Waals surface area contributed by atoms with Crippen molar-refractivity contribution in [2.45, 2.75) is 39.2 Å². The lowest BCUT2D eigenvalue weighted by molar-refractivity contribution is -0.123. The van der Waals surface area contributed by atoms with Crippen LogP contribution in [0.15, 0.2) is 24.4 Å². The van der Waals surface area contributed by atoms with E-state index in [2.05, 4.69) is 24.1 Å². The van der Waals surface area contributed by atoms with Gasteiger partial charge in [-0.25, -0.2) is 0 Å². The SMILES string of the molecule is CC(C)C(C)(CN)NC(=O)CCc1ccccn1. The van der Waals surface area contributed by atoms with E-state index >= 15 is 0 Å². The van der Waals surface area contributed by atoms with Gasteiger partial charge in [-0.05, 0) is 31.4 Å². The predicted molar refractivity (Wildman–Crippen MR) is 73.0 cm³/mol. The molecule has 1 atom stereocenters. The van der Waals surface area contributed by atoms with Crippen LogP contribution >= 0.6 is 0 Å². The summed E-state index contributed by atoms with van der Waals surface area (Å²) in [7, 11) is 0. The first-order valence-corrected chi connectivity index (χ1v) is 6.39. The molecule has 1 aromatic rings. The molecule has 1 heterocycles. The summed E-state index contributed by atoms with van der Waals surface area (Å²) < 4.78 is 0. The zero-order valence-corrected chi connectivity index (χ0v) is 11.4. The van der Waals surface area contributed by atoms with Crippen LogP contribution in [-0.2, 0) is 11.2 Å². The van der Waals surface area contributed by atoms with Crippen LogP contribution < -0.4 is 11.1 Å². The van der Waals surface area contributed by atoms with Crippen molar-refractivity contribution in [1.82, 2.24) is 10.3 Å². The Morgan fingerprint density at radius 1 is 1.50 bits per heavy atom. The van der Waals surface area contributed by atoms with E-state index in [0.717, 1.165) is 5.69 Å². The number of carbonyl (C=O) groups is 1. The van der Waals surface area contributed by atoms with Gasteiger partial charge in [-0.1, -0.05) is 19.9 Å². The van der Waals surface area contributed by atoms with E-state index in [-0.39, 0.29) is 11.4 Å². The molecule has 1 aromatic heterocycles. The maximum atomic E-state index is 11.9. The third-order valence-electron chi connectivity index (χ3n) is 3.46. The number of pyridine rings is 1. The molecule has 0 saturated carbocycles. The molecule has 100 valence electrons. The maximum absolute atomic E-state index is 11.9. The van der Waals surface area contributed by atoms with Gasteiger partial charge in [0.1, 0.15) is 0 Å². The summed E-state index contributed by atoms with van der Waals surface area (Å²) in [6, 6.07) is 5.73. The molecule has 0 radical (unpaired) electrons. The minimum absolute atomic E-state index is 0.0299. The molecule has 0 spiro atoms. The van der Waals surface area contributed by atoms with Gasteiger partial charge in [0.2, 0.25) is 5.91 Å². The molecule has 1 unspecified atom stereocenters. The van der Waals surface area contributed by atoms with Gasteiger partial charge in [0.25, 0.3) is 0 Å². The molecule has 18 heavy (non-hydrogen) atoms. The second-order valence-electron chi connectivity index (χ2n) is 5.15. The quantitative estimate of drug-likeness (QED) is 0.803. The summed E-state index contributed by atoms with van der Waals surface area (Å²) in [5.41, 5.74) is 6.34. The van der Waals surface area contributed by atoms with Gasteiger partial charge in [0.05, 0.1) is 5.54 Å². The number of amides is 1. The third kappa shape index (κ3) is 4.11. The Balaban J connectivity index is 2.47. The summed E-state index contributed by atoms with van der Waals surface area (Å²) in [5.74, 6) is 0.337. The highest BCUT2D eigenvalue weighted by Gasteiger charge is 2.28. The van der Waals surface area contributed by atoms with E-state index in [9.17, 15) is 4.79 Å². The van der Waals surface area contributed by atoms with E-state index in [1.165, 1.54) is 0 Å². The van der Waals surface area contributed by atoms with Crippen molar-refractivity contribution in [2.75, 3.05) is 6.54 Å². The third-order valence-corrected chi connectivity index (χ3v) is 3.46. The van der Waals surface area contributed by atoms with Crippen LogP contribution in [0.3, 0.4) is 0 Å². The minimum atomic E-state index is -0.332. The van der Waals surface area contributed by atoms with E-state index in [4.69, 9.17) is 5.73 Å². The van der Waals surface area contributed by atoms with Crippen molar-refractivity contribution in [1.29, 1.82) is 0 Å².